The van der Waals surface area contributed by atoms with Gasteiger partial charge in [0.1, 0.15) is 18.0 Å². The van der Waals surface area contributed by atoms with E-state index in [9.17, 15) is 0 Å². The summed E-state index contributed by atoms with van der Waals surface area (Å²) in [6, 6.07) is 15.1. The molecule has 0 saturated carbocycles. The molecule has 196 valence electrons. The zero-order valence-corrected chi connectivity index (χ0v) is 23.4. The summed E-state index contributed by atoms with van der Waals surface area (Å²) in [4.78, 5) is 2.40. The van der Waals surface area contributed by atoms with Crippen LogP contribution in [0.2, 0.25) is 0 Å². The van der Waals surface area contributed by atoms with Gasteiger partial charge in [-0.25, -0.2) is 0 Å². The summed E-state index contributed by atoms with van der Waals surface area (Å²) in [5.41, 5.74) is 3.08. The molecule has 0 unspecified atom stereocenters. The topological polar surface area (TPSA) is 46.2 Å². The zero-order chi connectivity index (χ0) is 26.4. The van der Waals surface area contributed by atoms with Gasteiger partial charge in [0.15, 0.2) is 18.3 Å². The smallest absolute Gasteiger partial charge is 0.189 e. The summed E-state index contributed by atoms with van der Waals surface area (Å²) >= 11 is 1.78. The van der Waals surface area contributed by atoms with E-state index in [0.717, 1.165) is 23.3 Å². The third kappa shape index (κ3) is 5.82. The molecule has 1 atom stereocenters. The van der Waals surface area contributed by atoms with Crippen LogP contribution in [0.15, 0.2) is 104 Å². The minimum Gasteiger partial charge on any atom is -0.495 e. The standard InChI is InChI=1S/C31H36O5S/c1-7-31-18-24(13-15-27(33-5)28(34-6)19-32-4)26(17-29(31)35-20-36-31)30(21(2)3)37-25-14-12-22-10-8-9-11-23(22)16-25/h8-17H,7,18-20H2,1-6H3/b15-13+,28-27-/t31-/m1/s1. The largest absolute Gasteiger partial charge is 0.495 e. The van der Waals surface area contributed by atoms with E-state index in [1.807, 2.05) is 6.08 Å². The fourth-order valence-corrected chi connectivity index (χ4v) is 5.76. The van der Waals surface area contributed by atoms with Crippen LogP contribution >= 0.6 is 11.8 Å². The van der Waals surface area contributed by atoms with Gasteiger partial charge in [-0.1, -0.05) is 60.7 Å². The van der Waals surface area contributed by atoms with E-state index in [0.29, 0.717) is 24.5 Å². The summed E-state index contributed by atoms with van der Waals surface area (Å²) in [6.45, 7) is 7.06. The van der Waals surface area contributed by atoms with Gasteiger partial charge in [-0.3, -0.25) is 0 Å². The number of benzene rings is 2. The Morgan fingerprint density at radius 3 is 2.51 bits per heavy atom. The Morgan fingerprint density at radius 2 is 1.84 bits per heavy atom. The first-order chi connectivity index (χ1) is 17.9. The van der Waals surface area contributed by atoms with E-state index in [2.05, 4.69) is 75.4 Å². The van der Waals surface area contributed by atoms with Crippen LogP contribution < -0.4 is 0 Å². The summed E-state index contributed by atoms with van der Waals surface area (Å²) in [5.74, 6) is 2.16. The van der Waals surface area contributed by atoms with Crippen molar-refractivity contribution >= 4 is 22.5 Å². The van der Waals surface area contributed by atoms with Crippen molar-refractivity contribution in [2.45, 2.75) is 44.1 Å². The van der Waals surface area contributed by atoms with Gasteiger partial charge < -0.3 is 23.7 Å². The molecule has 0 aromatic heterocycles. The van der Waals surface area contributed by atoms with Crippen LogP contribution in [0.3, 0.4) is 0 Å². The van der Waals surface area contributed by atoms with Crippen LogP contribution in [-0.4, -0.2) is 40.3 Å². The lowest BCUT2D eigenvalue weighted by Crippen LogP contribution is -2.32. The number of ether oxygens (including phenoxy) is 5. The molecule has 0 spiro atoms. The molecule has 37 heavy (non-hydrogen) atoms. The van der Waals surface area contributed by atoms with Crippen LogP contribution in [0.4, 0.5) is 0 Å². The average molecular weight is 521 g/mol. The van der Waals surface area contributed by atoms with Gasteiger partial charge in [0, 0.05) is 23.3 Å². The Bertz CT molecular complexity index is 1300. The number of hydrogen-bond acceptors (Lipinski definition) is 6. The van der Waals surface area contributed by atoms with E-state index in [1.165, 1.54) is 26.1 Å². The molecular weight excluding hydrogens is 484 g/mol. The molecule has 0 amide bonds. The third-order valence-corrected chi connectivity index (χ3v) is 8.08. The van der Waals surface area contributed by atoms with Crippen molar-refractivity contribution in [1.82, 2.24) is 0 Å². The Balaban J connectivity index is 1.80. The minimum absolute atomic E-state index is 0.275. The van der Waals surface area contributed by atoms with Gasteiger partial charge in [0.05, 0.1) is 14.2 Å². The van der Waals surface area contributed by atoms with Gasteiger partial charge in [0.25, 0.3) is 0 Å². The Hall–Kier alpha value is -2.93. The normalized spacial score (nSPS) is 19.9. The van der Waals surface area contributed by atoms with Crippen LogP contribution in [0, 0.1) is 0 Å². The third-order valence-electron chi connectivity index (χ3n) is 6.76. The second-order valence-electron chi connectivity index (χ2n) is 9.28. The molecule has 1 fully saturated rings. The lowest BCUT2D eigenvalue weighted by molar-refractivity contribution is -0.00930. The van der Waals surface area contributed by atoms with Crippen molar-refractivity contribution in [3.8, 4) is 0 Å². The number of hydrogen-bond donors (Lipinski definition) is 0. The first-order valence-corrected chi connectivity index (χ1v) is 13.3. The number of methoxy groups -OCH3 is 3. The lowest BCUT2D eigenvalue weighted by atomic mass is 9.82. The van der Waals surface area contributed by atoms with E-state index in [-0.39, 0.29) is 6.79 Å². The molecule has 5 nitrogen and oxygen atoms in total. The summed E-state index contributed by atoms with van der Waals surface area (Å²) < 4.78 is 28.6. The van der Waals surface area contributed by atoms with Crippen LogP contribution in [0.5, 0.6) is 0 Å². The Kier molecular flexibility index (Phi) is 8.85. The summed E-state index contributed by atoms with van der Waals surface area (Å²) in [5, 5.41) is 2.47. The predicted molar refractivity (Wildman–Crippen MR) is 150 cm³/mol. The highest BCUT2D eigenvalue weighted by molar-refractivity contribution is 8.03. The van der Waals surface area contributed by atoms with Crippen LogP contribution in [-0.2, 0) is 23.7 Å². The van der Waals surface area contributed by atoms with E-state index in [4.69, 9.17) is 23.7 Å². The molecule has 2 aliphatic rings. The molecule has 6 heteroatoms. The number of fused-ring (bicyclic) bond motifs is 2. The van der Waals surface area contributed by atoms with E-state index in [1.54, 1.807) is 33.1 Å². The van der Waals surface area contributed by atoms with Crippen molar-refractivity contribution in [3.05, 3.63) is 99.6 Å². The quantitative estimate of drug-likeness (QED) is 0.182. The fraction of sp³-hybridized carbons (Fsp3) is 0.355. The van der Waals surface area contributed by atoms with Gasteiger partial charge >= 0.3 is 0 Å². The Labute approximate surface area is 224 Å². The summed E-state index contributed by atoms with van der Waals surface area (Å²) in [7, 11) is 4.90. The highest BCUT2D eigenvalue weighted by Crippen LogP contribution is 2.47. The molecule has 1 heterocycles. The maximum atomic E-state index is 6.15. The molecule has 0 bridgehead atoms. The molecule has 2 aromatic rings. The van der Waals surface area contributed by atoms with Crippen molar-refractivity contribution in [1.29, 1.82) is 0 Å². The van der Waals surface area contributed by atoms with E-state index >= 15 is 0 Å². The number of thioether (sulfide) groups is 1. The van der Waals surface area contributed by atoms with Crippen molar-refractivity contribution in [2.24, 2.45) is 0 Å². The van der Waals surface area contributed by atoms with Crippen molar-refractivity contribution in [2.75, 3.05) is 34.7 Å². The van der Waals surface area contributed by atoms with Gasteiger partial charge in [-0.2, -0.15) is 0 Å². The lowest BCUT2D eigenvalue weighted by Gasteiger charge is -2.32. The molecular formula is C31H36O5S. The highest BCUT2D eigenvalue weighted by Gasteiger charge is 2.44. The molecule has 0 radical (unpaired) electrons. The first kappa shape index (κ1) is 27.1. The first-order valence-electron chi connectivity index (χ1n) is 12.5. The molecule has 1 aliphatic carbocycles. The number of allylic oxidation sites excluding steroid dienone is 5. The SMILES string of the molecule is CC[C@@]12CC(/C=C/C(OC)=C(\COC)OC)=C(C(Sc3ccc4ccccc4c3)=C(C)C)C=C1OCO2. The van der Waals surface area contributed by atoms with Crippen molar-refractivity contribution in [3.63, 3.8) is 0 Å². The number of rotatable bonds is 10. The second-order valence-corrected chi connectivity index (χ2v) is 10.4. The molecule has 2 aromatic carbocycles. The Morgan fingerprint density at radius 1 is 1.05 bits per heavy atom. The fourth-order valence-electron chi connectivity index (χ4n) is 4.70. The molecule has 1 saturated heterocycles. The van der Waals surface area contributed by atoms with Crippen LogP contribution in [0.1, 0.15) is 33.6 Å². The van der Waals surface area contributed by atoms with Gasteiger partial charge in [0.2, 0.25) is 0 Å². The van der Waals surface area contributed by atoms with Crippen LogP contribution in [0.25, 0.3) is 10.8 Å². The average Bonchev–Trinajstić information content (AvgIpc) is 3.33. The highest BCUT2D eigenvalue weighted by atomic mass is 32.2. The maximum absolute atomic E-state index is 6.15. The van der Waals surface area contributed by atoms with E-state index < -0.39 is 5.60 Å². The molecule has 0 N–H and O–H groups in total. The zero-order valence-electron chi connectivity index (χ0n) is 22.6. The van der Waals surface area contributed by atoms with Crippen molar-refractivity contribution < 1.29 is 23.7 Å². The monoisotopic (exact) mass is 520 g/mol. The van der Waals surface area contributed by atoms with Gasteiger partial charge in [-0.15, -0.1) is 0 Å². The predicted octanol–water partition coefficient (Wildman–Crippen LogP) is 7.67. The molecule has 1 aliphatic heterocycles. The maximum Gasteiger partial charge on any atom is 0.189 e. The summed E-state index contributed by atoms with van der Waals surface area (Å²) in [6.07, 6.45) is 7.76. The van der Waals surface area contributed by atoms with Gasteiger partial charge in [-0.05, 0) is 66.5 Å². The second kappa shape index (κ2) is 12.1. The molecule has 4 rings (SSSR count). The minimum atomic E-state index is -0.447.